The zero-order valence-electron chi connectivity index (χ0n) is 8.57. The zero-order chi connectivity index (χ0) is 11.3. The number of carbonyl (C=O) groups excluding carboxylic acids is 1. The first-order chi connectivity index (χ1) is 7.13. The summed E-state index contributed by atoms with van der Waals surface area (Å²) in [5.41, 5.74) is 5.59. The van der Waals surface area contributed by atoms with Gasteiger partial charge >= 0.3 is 0 Å². The van der Waals surface area contributed by atoms with E-state index in [-0.39, 0.29) is 0 Å². The van der Waals surface area contributed by atoms with E-state index in [1.54, 1.807) is 24.3 Å². The van der Waals surface area contributed by atoms with Gasteiger partial charge in [0.15, 0.2) is 0 Å². The first-order valence-electron chi connectivity index (χ1n) is 4.72. The molecule has 1 amide bonds. The van der Waals surface area contributed by atoms with Crippen LogP contribution in [0.3, 0.4) is 0 Å². The van der Waals surface area contributed by atoms with E-state index in [0.717, 1.165) is 5.75 Å². The highest BCUT2D eigenvalue weighted by Crippen LogP contribution is 2.13. The number of amides is 1. The summed E-state index contributed by atoms with van der Waals surface area (Å²) in [5, 5.41) is 0. The molecule has 0 bridgehead atoms. The van der Waals surface area contributed by atoms with Crippen LogP contribution < -0.4 is 10.5 Å². The second kappa shape index (κ2) is 5.61. The predicted molar refractivity (Wildman–Crippen MR) is 60.3 cm³/mol. The lowest BCUT2D eigenvalue weighted by Crippen LogP contribution is -2.11. The molecule has 1 aromatic carbocycles. The summed E-state index contributed by atoms with van der Waals surface area (Å²) in [6, 6.07) is 6.73. The lowest BCUT2D eigenvalue weighted by Gasteiger charge is -2.10. The largest absolute Gasteiger partial charge is 0.493 e. The summed E-state index contributed by atoms with van der Waals surface area (Å²) in [7, 11) is 0. The number of benzene rings is 1. The lowest BCUT2D eigenvalue weighted by molar-refractivity contribution is 0.100. The Morgan fingerprint density at radius 3 is 2.53 bits per heavy atom. The third-order valence-electron chi connectivity index (χ3n) is 1.94. The Labute approximate surface area is 94.2 Å². The second-order valence-corrected chi connectivity index (χ2v) is 3.77. The minimum absolute atomic E-state index is 0.308. The summed E-state index contributed by atoms with van der Waals surface area (Å²) in [6.45, 7) is 2.57. The summed E-state index contributed by atoms with van der Waals surface area (Å²) in [6.07, 6.45) is 0. The molecule has 0 radical (unpaired) electrons. The number of halogens is 1. The molecular weight excluding hydrogens is 214 g/mol. The van der Waals surface area contributed by atoms with Gasteiger partial charge in [-0.15, -0.1) is 11.6 Å². The molecule has 0 aliphatic heterocycles. The van der Waals surface area contributed by atoms with Gasteiger partial charge in [0.1, 0.15) is 5.75 Å². The van der Waals surface area contributed by atoms with Gasteiger partial charge in [0, 0.05) is 17.4 Å². The Balaban J connectivity index is 2.53. The molecule has 0 saturated heterocycles. The summed E-state index contributed by atoms with van der Waals surface area (Å²) in [5.74, 6) is 1.16. The highest BCUT2D eigenvalue weighted by Gasteiger charge is 2.03. The minimum Gasteiger partial charge on any atom is -0.493 e. The number of hydrogen-bond acceptors (Lipinski definition) is 2. The van der Waals surface area contributed by atoms with Crippen molar-refractivity contribution in [2.75, 3.05) is 12.5 Å². The Bertz CT molecular complexity index is 324. The van der Waals surface area contributed by atoms with E-state index >= 15 is 0 Å². The third-order valence-corrected chi connectivity index (χ3v) is 2.46. The van der Waals surface area contributed by atoms with Gasteiger partial charge in [0.2, 0.25) is 5.91 Å². The highest BCUT2D eigenvalue weighted by atomic mass is 35.5. The molecule has 1 unspecified atom stereocenters. The molecule has 0 fully saturated rings. The van der Waals surface area contributed by atoms with Gasteiger partial charge in [-0.25, -0.2) is 0 Å². The van der Waals surface area contributed by atoms with Crippen LogP contribution in [0, 0.1) is 5.92 Å². The van der Waals surface area contributed by atoms with Crippen LogP contribution in [-0.2, 0) is 0 Å². The van der Waals surface area contributed by atoms with Gasteiger partial charge < -0.3 is 10.5 Å². The molecular formula is C11H14ClNO2. The van der Waals surface area contributed by atoms with Crippen molar-refractivity contribution in [1.29, 1.82) is 0 Å². The zero-order valence-corrected chi connectivity index (χ0v) is 9.33. The maximum absolute atomic E-state index is 10.8. The maximum Gasteiger partial charge on any atom is 0.248 e. The molecule has 3 nitrogen and oxygen atoms in total. The van der Waals surface area contributed by atoms with E-state index in [2.05, 4.69) is 0 Å². The second-order valence-electron chi connectivity index (χ2n) is 3.46. The Hall–Kier alpha value is -1.22. The van der Waals surface area contributed by atoms with Crippen LogP contribution in [0.2, 0.25) is 0 Å². The van der Waals surface area contributed by atoms with Crippen molar-refractivity contribution in [3.05, 3.63) is 29.8 Å². The van der Waals surface area contributed by atoms with Crippen LogP contribution in [0.4, 0.5) is 0 Å². The maximum atomic E-state index is 10.8. The number of ether oxygens (including phenoxy) is 1. The van der Waals surface area contributed by atoms with Crippen LogP contribution >= 0.6 is 11.6 Å². The fourth-order valence-corrected chi connectivity index (χ4v) is 1.09. The third kappa shape index (κ3) is 3.80. The van der Waals surface area contributed by atoms with Crippen molar-refractivity contribution in [2.45, 2.75) is 6.92 Å². The fourth-order valence-electron chi connectivity index (χ4n) is 0.998. The Kier molecular flexibility index (Phi) is 4.43. The summed E-state index contributed by atoms with van der Waals surface area (Å²) in [4.78, 5) is 10.8. The number of hydrogen-bond donors (Lipinski definition) is 1. The van der Waals surface area contributed by atoms with Gasteiger partial charge in [-0.05, 0) is 24.3 Å². The average Bonchev–Trinajstić information content (AvgIpc) is 2.26. The average molecular weight is 228 g/mol. The normalized spacial score (nSPS) is 12.1. The number of primary amides is 1. The van der Waals surface area contributed by atoms with Crippen LogP contribution in [0.1, 0.15) is 17.3 Å². The Morgan fingerprint density at radius 1 is 1.47 bits per heavy atom. The first-order valence-corrected chi connectivity index (χ1v) is 5.25. The lowest BCUT2D eigenvalue weighted by atomic mass is 10.2. The number of alkyl halides is 1. The fraction of sp³-hybridized carbons (Fsp3) is 0.364. The first kappa shape index (κ1) is 11.9. The standard InChI is InChI=1S/C11H14ClNO2/c1-8(6-12)7-15-10-4-2-9(3-5-10)11(13)14/h2-5,8H,6-7H2,1H3,(H2,13,14). The highest BCUT2D eigenvalue weighted by molar-refractivity contribution is 6.18. The van der Waals surface area contributed by atoms with Crippen LogP contribution in [0.5, 0.6) is 5.75 Å². The van der Waals surface area contributed by atoms with Gasteiger partial charge in [-0.3, -0.25) is 4.79 Å². The van der Waals surface area contributed by atoms with Crippen LogP contribution in [0.25, 0.3) is 0 Å². The van der Waals surface area contributed by atoms with Crippen LogP contribution in [-0.4, -0.2) is 18.4 Å². The molecule has 82 valence electrons. The Morgan fingerprint density at radius 2 is 2.07 bits per heavy atom. The summed E-state index contributed by atoms with van der Waals surface area (Å²) >= 11 is 5.64. The molecule has 0 aromatic heterocycles. The van der Waals surface area contributed by atoms with Crippen molar-refractivity contribution in [2.24, 2.45) is 11.7 Å². The monoisotopic (exact) mass is 227 g/mol. The van der Waals surface area contributed by atoms with Crippen LogP contribution in [0.15, 0.2) is 24.3 Å². The van der Waals surface area contributed by atoms with Gasteiger partial charge in [0.25, 0.3) is 0 Å². The van der Waals surface area contributed by atoms with Crippen molar-refractivity contribution < 1.29 is 9.53 Å². The predicted octanol–water partition coefficient (Wildman–Crippen LogP) is 2.04. The molecule has 2 N–H and O–H groups in total. The van der Waals surface area contributed by atoms with Crippen molar-refractivity contribution in [3.63, 3.8) is 0 Å². The van der Waals surface area contributed by atoms with E-state index < -0.39 is 5.91 Å². The molecule has 0 aliphatic carbocycles. The minimum atomic E-state index is -0.435. The SMILES string of the molecule is CC(CCl)COc1ccc(C(N)=O)cc1. The number of nitrogens with two attached hydrogens (primary N) is 1. The van der Waals surface area contributed by atoms with E-state index in [0.29, 0.717) is 24.0 Å². The molecule has 4 heteroatoms. The molecule has 0 heterocycles. The van der Waals surface area contributed by atoms with E-state index in [4.69, 9.17) is 22.1 Å². The van der Waals surface area contributed by atoms with E-state index in [1.807, 2.05) is 6.92 Å². The van der Waals surface area contributed by atoms with Crippen molar-refractivity contribution in [3.8, 4) is 5.75 Å². The van der Waals surface area contributed by atoms with Crippen molar-refractivity contribution in [1.82, 2.24) is 0 Å². The molecule has 1 atom stereocenters. The molecule has 0 saturated carbocycles. The quantitative estimate of drug-likeness (QED) is 0.783. The van der Waals surface area contributed by atoms with Gasteiger partial charge in [0.05, 0.1) is 6.61 Å². The topological polar surface area (TPSA) is 52.3 Å². The molecule has 1 aromatic rings. The molecule has 15 heavy (non-hydrogen) atoms. The van der Waals surface area contributed by atoms with Crippen molar-refractivity contribution >= 4 is 17.5 Å². The van der Waals surface area contributed by atoms with Gasteiger partial charge in [-0.2, -0.15) is 0 Å². The molecule has 0 aliphatic rings. The van der Waals surface area contributed by atoms with Gasteiger partial charge in [-0.1, -0.05) is 6.92 Å². The molecule has 0 spiro atoms. The molecule has 1 rings (SSSR count). The van der Waals surface area contributed by atoms with E-state index in [9.17, 15) is 4.79 Å². The summed E-state index contributed by atoms with van der Waals surface area (Å²) < 4.78 is 5.46. The number of rotatable bonds is 5. The smallest absolute Gasteiger partial charge is 0.248 e. The number of carbonyl (C=O) groups is 1. The van der Waals surface area contributed by atoms with E-state index in [1.165, 1.54) is 0 Å².